The van der Waals surface area contributed by atoms with Crippen molar-refractivity contribution in [2.75, 3.05) is 0 Å². The van der Waals surface area contributed by atoms with Crippen molar-refractivity contribution in [1.82, 2.24) is 19.1 Å². The second-order valence-corrected chi connectivity index (χ2v) is 16.5. The smallest absolute Gasteiger partial charge is 0.160 e. The Kier molecular flexibility index (Phi) is 8.18. The van der Waals surface area contributed by atoms with Crippen molar-refractivity contribution in [3.05, 3.63) is 231 Å². The minimum atomic E-state index is 0.692. The van der Waals surface area contributed by atoms with E-state index < -0.39 is 0 Å². The summed E-state index contributed by atoms with van der Waals surface area (Å²) in [6.45, 7) is 0. The third-order valence-corrected chi connectivity index (χ3v) is 12.9. The molecule has 0 spiro atoms. The van der Waals surface area contributed by atoms with Gasteiger partial charge in [0.15, 0.2) is 5.82 Å². The van der Waals surface area contributed by atoms with Crippen LogP contribution < -0.4 is 0 Å². The standard InChI is InChI=1S/C60H38N4/c1-4-17-39(18-5-1)41-31-33-42(34-32-41)60-61-52-36-35-46(38-51(52)57(62-60)44-22-16-21-43(37-44)40-19-6-2-7-20-40)64-54-30-15-13-28-50(54)56-48-26-11-10-25-47(48)55-49-27-12-14-29-53(49)63(58(55)59(56)64)45-23-8-3-9-24-45/h1-38H. The molecule has 4 heteroatoms. The Morgan fingerprint density at radius 2 is 0.750 bits per heavy atom. The monoisotopic (exact) mass is 814 g/mol. The van der Waals surface area contributed by atoms with Crippen LogP contribution in [0.5, 0.6) is 0 Å². The molecule has 0 aliphatic heterocycles. The zero-order valence-electron chi connectivity index (χ0n) is 34.7. The Morgan fingerprint density at radius 3 is 1.38 bits per heavy atom. The van der Waals surface area contributed by atoms with Crippen LogP contribution >= 0.6 is 0 Å². The average Bonchev–Trinajstić information content (AvgIpc) is 3.91. The van der Waals surface area contributed by atoms with E-state index in [9.17, 15) is 0 Å². The number of hydrogen-bond donors (Lipinski definition) is 0. The Hall–Kier alpha value is -8.60. The summed E-state index contributed by atoms with van der Waals surface area (Å²) in [6.07, 6.45) is 0. The van der Waals surface area contributed by atoms with Gasteiger partial charge in [-0.25, -0.2) is 9.97 Å². The van der Waals surface area contributed by atoms with Gasteiger partial charge in [-0.1, -0.05) is 182 Å². The van der Waals surface area contributed by atoms with Crippen LogP contribution in [0.25, 0.3) is 122 Å². The Morgan fingerprint density at radius 1 is 0.281 bits per heavy atom. The van der Waals surface area contributed by atoms with E-state index >= 15 is 0 Å². The van der Waals surface area contributed by atoms with E-state index in [0.717, 1.165) is 66.8 Å². The van der Waals surface area contributed by atoms with Crippen LogP contribution in [-0.2, 0) is 0 Å². The maximum atomic E-state index is 5.47. The van der Waals surface area contributed by atoms with Gasteiger partial charge in [0.2, 0.25) is 0 Å². The average molecular weight is 815 g/mol. The fourth-order valence-corrected chi connectivity index (χ4v) is 10.0. The Bertz CT molecular complexity index is 3920. The van der Waals surface area contributed by atoms with Crippen molar-refractivity contribution in [1.29, 1.82) is 0 Å². The van der Waals surface area contributed by atoms with Crippen LogP contribution in [0.1, 0.15) is 0 Å². The third kappa shape index (κ3) is 5.63. The maximum absolute atomic E-state index is 5.47. The van der Waals surface area contributed by atoms with E-state index in [2.05, 4.69) is 240 Å². The van der Waals surface area contributed by atoms with Crippen molar-refractivity contribution >= 4 is 65.3 Å². The predicted molar refractivity (Wildman–Crippen MR) is 267 cm³/mol. The summed E-state index contributed by atoms with van der Waals surface area (Å²) < 4.78 is 4.95. The van der Waals surface area contributed by atoms with Crippen LogP contribution in [0.3, 0.4) is 0 Å². The lowest BCUT2D eigenvalue weighted by Crippen LogP contribution is -2.00. The van der Waals surface area contributed by atoms with E-state index in [1.165, 1.54) is 48.9 Å². The van der Waals surface area contributed by atoms with Gasteiger partial charge in [0.25, 0.3) is 0 Å². The number of nitrogens with zero attached hydrogens (tertiary/aromatic N) is 4. The van der Waals surface area contributed by atoms with Crippen LogP contribution in [0.4, 0.5) is 0 Å². The summed E-state index contributed by atoms with van der Waals surface area (Å²) >= 11 is 0. The number of para-hydroxylation sites is 3. The first-order valence-electron chi connectivity index (χ1n) is 21.8. The lowest BCUT2D eigenvalue weighted by Gasteiger charge is -2.16. The quantitative estimate of drug-likeness (QED) is 0.168. The fraction of sp³-hybridized carbons (Fsp3) is 0. The van der Waals surface area contributed by atoms with Crippen molar-refractivity contribution in [3.63, 3.8) is 0 Å². The molecule has 13 aromatic rings. The van der Waals surface area contributed by atoms with E-state index in [0.29, 0.717) is 5.82 Å². The highest BCUT2D eigenvalue weighted by molar-refractivity contribution is 6.36. The molecule has 0 saturated carbocycles. The molecule has 10 aromatic carbocycles. The summed E-state index contributed by atoms with van der Waals surface area (Å²) in [7, 11) is 0. The van der Waals surface area contributed by atoms with E-state index in [4.69, 9.17) is 9.97 Å². The number of benzene rings is 10. The molecular weight excluding hydrogens is 777 g/mol. The highest BCUT2D eigenvalue weighted by atomic mass is 15.0. The summed E-state index contributed by atoms with van der Waals surface area (Å²) in [4.78, 5) is 10.8. The minimum absolute atomic E-state index is 0.692. The molecule has 0 unspecified atom stereocenters. The molecule has 4 nitrogen and oxygen atoms in total. The minimum Gasteiger partial charge on any atom is -0.307 e. The summed E-state index contributed by atoms with van der Waals surface area (Å²) in [5, 5.41) is 8.39. The van der Waals surface area contributed by atoms with Gasteiger partial charge in [-0.2, -0.15) is 0 Å². The molecule has 0 N–H and O–H groups in total. The Balaban J connectivity index is 1.12. The molecular formula is C60H38N4. The first-order chi connectivity index (χ1) is 31.8. The zero-order chi connectivity index (χ0) is 42.1. The van der Waals surface area contributed by atoms with Crippen molar-refractivity contribution in [3.8, 4) is 56.3 Å². The highest BCUT2D eigenvalue weighted by Gasteiger charge is 2.25. The van der Waals surface area contributed by atoms with Crippen molar-refractivity contribution < 1.29 is 0 Å². The SMILES string of the molecule is c1ccc(-c2ccc(-c3nc(-c4cccc(-c5ccccc5)c4)c4cc(-n5c6ccccc6c6c7ccccc7c7c8ccccc8n(-c8ccccc8)c7c65)ccc4n3)cc2)cc1. The van der Waals surface area contributed by atoms with E-state index in [1.807, 2.05) is 0 Å². The van der Waals surface area contributed by atoms with Crippen molar-refractivity contribution in [2.24, 2.45) is 0 Å². The van der Waals surface area contributed by atoms with Gasteiger partial charge in [-0.15, -0.1) is 0 Å². The summed E-state index contributed by atoms with van der Waals surface area (Å²) in [5.41, 5.74) is 15.2. The highest BCUT2D eigenvalue weighted by Crippen LogP contribution is 2.47. The van der Waals surface area contributed by atoms with Crippen LogP contribution in [0.15, 0.2) is 231 Å². The lowest BCUT2D eigenvalue weighted by atomic mass is 9.98. The van der Waals surface area contributed by atoms with Crippen LogP contribution in [0.2, 0.25) is 0 Å². The van der Waals surface area contributed by atoms with Gasteiger partial charge in [0.05, 0.1) is 33.3 Å². The second kappa shape index (κ2) is 14.5. The van der Waals surface area contributed by atoms with Crippen LogP contribution in [-0.4, -0.2) is 19.1 Å². The van der Waals surface area contributed by atoms with Crippen LogP contribution in [0, 0.1) is 0 Å². The molecule has 0 atom stereocenters. The molecule has 3 heterocycles. The van der Waals surface area contributed by atoms with Gasteiger partial charge in [0, 0.05) is 49.4 Å². The molecule has 298 valence electrons. The Labute approximate surface area is 369 Å². The maximum Gasteiger partial charge on any atom is 0.160 e. The zero-order valence-corrected chi connectivity index (χ0v) is 34.7. The van der Waals surface area contributed by atoms with Gasteiger partial charge in [-0.05, 0) is 81.6 Å². The van der Waals surface area contributed by atoms with Gasteiger partial charge in [-0.3, -0.25) is 0 Å². The molecule has 0 saturated heterocycles. The predicted octanol–water partition coefficient (Wildman–Crippen LogP) is 15.6. The topological polar surface area (TPSA) is 35.6 Å². The number of fused-ring (bicyclic) bond motifs is 11. The molecule has 0 fully saturated rings. The second-order valence-electron chi connectivity index (χ2n) is 16.5. The molecule has 0 amide bonds. The fourth-order valence-electron chi connectivity index (χ4n) is 10.0. The van der Waals surface area contributed by atoms with E-state index in [-0.39, 0.29) is 0 Å². The molecule has 3 aromatic heterocycles. The third-order valence-electron chi connectivity index (χ3n) is 12.9. The largest absolute Gasteiger partial charge is 0.307 e. The first kappa shape index (κ1) is 36.1. The molecule has 0 aliphatic carbocycles. The number of rotatable bonds is 6. The summed E-state index contributed by atoms with van der Waals surface area (Å²) in [6, 6.07) is 82.6. The first-order valence-corrected chi connectivity index (χ1v) is 21.8. The van der Waals surface area contributed by atoms with Crippen molar-refractivity contribution in [2.45, 2.75) is 0 Å². The lowest BCUT2D eigenvalue weighted by molar-refractivity contribution is 1.15. The molecule has 13 rings (SSSR count). The molecule has 64 heavy (non-hydrogen) atoms. The van der Waals surface area contributed by atoms with E-state index in [1.54, 1.807) is 0 Å². The summed E-state index contributed by atoms with van der Waals surface area (Å²) in [5.74, 6) is 0.692. The molecule has 0 aliphatic rings. The van der Waals surface area contributed by atoms with Gasteiger partial charge in [0.1, 0.15) is 0 Å². The molecule has 0 radical (unpaired) electrons. The molecule has 0 bridgehead atoms. The number of hydrogen-bond acceptors (Lipinski definition) is 2. The van der Waals surface area contributed by atoms with Gasteiger partial charge >= 0.3 is 0 Å². The number of aromatic nitrogens is 4. The van der Waals surface area contributed by atoms with Gasteiger partial charge < -0.3 is 9.13 Å². The normalized spacial score (nSPS) is 11.8.